The van der Waals surface area contributed by atoms with Crippen LogP contribution in [-0.4, -0.2) is 36.8 Å². The van der Waals surface area contributed by atoms with Gasteiger partial charge in [-0.2, -0.15) is 0 Å². The molecule has 150 valence electrons. The monoisotopic (exact) mass is 399 g/mol. The molecule has 0 aromatic heterocycles. The molecule has 4 N–H and O–H groups in total. The van der Waals surface area contributed by atoms with Crippen molar-refractivity contribution in [2.45, 2.75) is 36.1 Å². The molecule has 1 saturated heterocycles. The number of rotatable bonds is 5. The van der Waals surface area contributed by atoms with Crippen LogP contribution < -0.4 is 16.1 Å². The van der Waals surface area contributed by atoms with Crippen LogP contribution in [0.2, 0.25) is 0 Å². The van der Waals surface area contributed by atoms with Gasteiger partial charge in [-0.15, -0.1) is 12.6 Å². The van der Waals surface area contributed by atoms with E-state index in [0.717, 1.165) is 22.8 Å². The van der Waals surface area contributed by atoms with Crippen molar-refractivity contribution < 1.29 is 10.0 Å². The summed E-state index contributed by atoms with van der Waals surface area (Å²) in [5, 5.41) is 15.4. The number of benzene rings is 2. The zero-order chi connectivity index (χ0) is 19.8. The van der Waals surface area contributed by atoms with Gasteiger partial charge < -0.3 is 10.6 Å². The fourth-order valence-corrected chi connectivity index (χ4v) is 3.72. The van der Waals surface area contributed by atoms with Crippen molar-refractivity contribution in [3.8, 4) is 0 Å². The number of amides is 1. The Labute approximate surface area is 172 Å². The first-order chi connectivity index (χ1) is 13.7. The second-order valence-electron chi connectivity index (χ2n) is 7.45. The zero-order valence-corrected chi connectivity index (χ0v) is 16.9. The first kappa shape index (κ1) is 20.9. The Bertz CT molecular complexity index is 733. The molecule has 2 atom stereocenters. The number of thiol groups is 1. The fraction of sp³-hybridized carbons (Fsp3) is 0.409. The Morgan fingerprint density at radius 2 is 1.75 bits per heavy atom. The van der Waals surface area contributed by atoms with Crippen LogP contribution in [0, 0.1) is 5.92 Å². The summed E-state index contributed by atoms with van der Waals surface area (Å²) < 4.78 is 0. The number of hydrogen-bond donors (Lipinski definition) is 5. The van der Waals surface area contributed by atoms with Gasteiger partial charge in [-0.25, -0.2) is 5.48 Å². The number of carbonyl (C=O) groups excluding carboxylic acids is 1. The number of carbonyl (C=O) groups is 1. The molecule has 1 aliphatic carbocycles. The molecule has 1 aliphatic heterocycles. The van der Waals surface area contributed by atoms with Gasteiger partial charge in [0.05, 0.1) is 0 Å². The lowest BCUT2D eigenvalue weighted by molar-refractivity contribution is 0.0706. The van der Waals surface area contributed by atoms with Crippen LogP contribution in [0.5, 0.6) is 0 Å². The van der Waals surface area contributed by atoms with Crippen molar-refractivity contribution in [3.63, 3.8) is 0 Å². The topological polar surface area (TPSA) is 73.4 Å². The molecule has 6 heteroatoms. The van der Waals surface area contributed by atoms with Crippen LogP contribution in [0.15, 0.2) is 59.5 Å². The minimum absolute atomic E-state index is 0.408. The van der Waals surface area contributed by atoms with Crippen molar-refractivity contribution in [1.29, 1.82) is 0 Å². The Balaban J connectivity index is 0.000000178. The van der Waals surface area contributed by atoms with Gasteiger partial charge in [0.25, 0.3) is 5.91 Å². The average Bonchev–Trinajstić information content (AvgIpc) is 3.54. The number of nitrogens with one attached hydrogen (secondary N) is 3. The highest BCUT2D eigenvalue weighted by Crippen LogP contribution is 2.40. The van der Waals surface area contributed by atoms with Gasteiger partial charge >= 0.3 is 0 Å². The van der Waals surface area contributed by atoms with Crippen LogP contribution in [-0.2, 0) is 0 Å². The predicted molar refractivity (Wildman–Crippen MR) is 114 cm³/mol. The molecule has 2 aromatic carbocycles. The molecule has 0 spiro atoms. The van der Waals surface area contributed by atoms with Crippen LogP contribution in [0.4, 0.5) is 0 Å². The maximum Gasteiger partial charge on any atom is 0.274 e. The molecule has 1 amide bonds. The third-order valence-electron chi connectivity index (χ3n) is 5.38. The maximum atomic E-state index is 10.7. The summed E-state index contributed by atoms with van der Waals surface area (Å²) in [5.41, 5.74) is 3.45. The van der Waals surface area contributed by atoms with Gasteiger partial charge in [0.15, 0.2) is 0 Å². The van der Waals surface area contributed by atoms with Crippen LogP contribution in [0.25, 0.3) is 0 Å². The molecule has 2 fully saturated rings. The van der Waals surface area contributed by atoms with Crippen molar-refractivity contribution in [2.75, 3.05) is 19.6 Å². The fourth-order valence-electron chi connectivity index (χ4n) is 3.57. The first-order valence-corrected chi connectivity index (χ1v) is 10.3. The second kappa shape index (κ2) is 10.6. The zero-order valence-electron chi connectivity index (χ0n) is 16.0. The third-order valence-corrected chi connectivity index (χ3v) is 5.67. The molecule has 2 aromatic rings. The lowest BCUT2D eigenvalue weighted by Gasteiger charge is -2.22. The quantitative estimate of drug-likeness (QED) is 0.304. The SMILES string of the molecule is O=C(NO)c1ccc(S)cc1.c1ccc(C2CC2NCC2CCNCC2)cc1. The summed E-state index contributed by atoms with van der Waals surface area (Å²) in [6.07, 6.45) is 4.01. The van der Waals surface area contributed by atoms with Crippen LogP contribution >= 0.6 is 12.6 Å². The molecule has 1 heterocycles. The molecule has 4 rings (SSSR count). The molecule has 28 heavy (non-hydrogen) atoms. The van der Waals surface area contributed by atoms with E-state index in [-0.39, 0.29) is 0 Å². The van der Waals surface area contributed by atoms with Crippen molar-refractivity contribution in [2.24, 2.45) is 5.92 Å². The summed E-state index contributed by atoms with van der Waals surface area (Å²) in [6.45, 7) is 3.63. The highest BCUT2D eigenvalue weighted by molar-refractivity contribution is 7.80. The number of hydrogen-bond acceptors (Lipinski definition) is 5. The van der Waals surface area contributed by atoms with Crippen LogP contribution in [0.3, 0.4) is 0 Å². The van der Waals surface area contributed by atoms with E-state index < -0.39 is 5.91 Å². The maximum absolute atomic E-state index is 10.7. The van der Waals surface area contributed by atoms with E-state index >= 15 is 0 Å². The van der Waals surface area contributed by atoms with E-state index in [9.17, 15) is 4.79 Å². The number of hydroxylamine groups is 1. The van der Waals surface area contributed by atoms with E-state index in [0.29, 0.717) is 5.56 Å². The number of piperidine rings is 1. The van der Waals surface area contributed by atoms with Gasteiger partial charge in [0, 0.05) is 22.4 Å². The highest BCUT2D eigenvalue weighted by atomic mass is 32.1. The average molecular weight is 400 g/mol. The van der Waals surface area contributed by atoms with E-state index in [4.69, 9.17) is 5.21 Å². The molecule has 5 nitrogen and oxygen atoms in total. The van der Waals surface area contributed by atoms with Crippen molar-refractivity contribution in [1.82, 2.24) is 16.1 Å². The molecule has 1 saturated carbocycles. The van der Waals surface area contributed by atoms with Gasteiger partial charge in [0.2, 0.25) is 0 Å². The summed E-state index contributed by atoms with van der Waals surface area (Å²) in [4.78, 5) is 11.5. The van der Waals surface area contributed by atoms with E-state index in [2.05, 4.69) is 53.6 Å². The standard InChI is InChI=1S/C15H22N2.C7H7NO2S/c1-2-4-13(5-3-1)14-10-15(14)17-11-12-6-8-16-9-7-12;9-7(8-10)5-1-3-6(11)4-2-5/h1-5,12,14-17H,6-11H2;1-4,10-11H,(H,8,9). The van der Waals surface area contributed by atoms with Gasteiger partial charge in [-0.1, -0.05) is 30.3 Å². The highest BCUT2D eigenvalue weighted by Gasteiger charge is 2.37. The minimum Gasteiger partial charge on any atom is -0.317 e. The Kier molecular flexibility index (Phi) is 7.91. The molecule has 2 unspecified atom stereocenters. The normalized spacial score (nSPS) is 21.4. The summed E-state index contributed by atoms with van der Waals surface area (Å²) in [6, 6.07) is 18.2. The predicted octanol–water partition coefficient (Wildman–Crippen LogP) is 3.23. The van der Waals surface area contributed by atoms with Crippen LogP contribution in [0.1, 0.15) is 41.1 Å². The van der Waals surface area contributed by atoms with E-state index in [1.165, 1.54) is 49.9 Å². The Hall–Kier alpha value is -1.86. The summed E-state index contributed by atoms with van der Waals surface area (Å²) in [7, 11) is 0. The first-order valence-electron chi connectivity index (χ1n) is 9.90. The van der Waals surface area contributed by atoms with Crippen molar-refractivity contribution in [3.05, 3.63) is 65.7 Å². The van der Waals surface area contributed by atoms with Crippen molar-refractivity contribution >= 4 is 18.5 Å². The third kappa shape index (κ3) is 6.34. The van der Waals surface area contributed by atoms with Gasteiger partial charge in [-0.3, -0.25) is 10.0 Å². The van der Waals surface area contributed by atoms with E-state index in [1.807, 2.05) is 0 Å². The molecular formula is C22H29N3O2S. The largest absolute Gasteiger partial charge is 0.317 e. The minimum atomic E-state index is -0.515. The molecule has 0 radical (unpaired) electrons. The summed E-state index contributed by atoms with van der Waals surface area (Å²) >= 11 is 4.04. The Morgan fingerprint density at radius 1 is 1.07 bits per heavy atom. The second-order valence-corrected chi connectivity index (χ2v) is 7.97. The van der Waals surface area contributed by atoms with Gasteiger partial charge in [-0.05, 0) is 74.6 Å². The van der Waals surface area contributed by atoms with Gasteiger partial charge in [0.1, 0.15) is 0 Å². The molecule has 2 aliphatic rings. The molecular weight excluding hydrogens is 370 g/mol. The molecule has 0 bridgehead atoms. The van der Waals surface area contributed by atoms with E-state index in [1.54, 1.807) is 24.3 Å². The summed E-state index contributed by atoms with van der Waals surface area (Å²) in [5.74, 6) is 1.16. The smallest absolute Gasteiger partial charge is 0.274 e. The Morgan fingerprint density at radius 3 is 2.39 bits per heavy atom. The lowest BCUT2D eigenvalue weighted by atomic mass is 9.98. The lowest BCUT2D eigenvalue weighted by Crippen LogP contribution is -2.34.